The maximum Gasteiger partial charge on any atom is 0.0788 e. The molecule has 1 aromatic carbocycles. The van der Waals surface area contributed by atoms with Crippen LogP contribution in [0.25, 0.3) is 0 Å². The molecule has 0 bridgehead atoms. The maximum atomic E-state index is 9.84. The van der Waals surface area contributed by atoms with E-state index in [0.717, 1.165) is 20.7 Å². The van der Waals surface area contributed by atoms with E-state index in [2.05, 4.69) is 27.9 Å². The minimum atomic E-state index is -0.664. The second kappa shape index (κ2) is 5.37. The molecule has 1 unspecified atom stereocenters. The van der Waals surface area contributed by atoms with Gasteiger partial charge in [0, 0.05) is 20.8 Å². The standard InChI is InChI=1S/C11H15ClINO/c1-3-11(2,15)7-14-10-5-4-8(12)6-9(10)13/h4-6,14-15H,3,7H2,1-2H3. The number of halogens is 2. The van der Waals surface area contributed by atoms with E-state index < -0.39 is 5.60 Å². The molecule has 0 spiro atoms. The lowest BCUT2D eigenvalue weighted by Gasteiger charge is -2.22. The molecule has 1 atom stereocenters. The summed E-state index contributed by atoms with van der Waals surface area (Å²) >= 11 is 8.07. The van der Waals surface area contributed by atoms with Crippen molar-refractivity contribution < 1.29 is 5.11 Å². The first-order chi connectivity index (χ1) is 6.94. The minimum absolute atomic E-state index is 0.543. The number of aliphatic hydroxyl groups is 1. The van der Waals surface area contributed by atoms with E-state index in [9.17, 15) is 5.11 Å². The normalized spacial score (nSPS) is 14.7. The first-order valence-electron chi connectivity index (χ1n) is 4.86. The van der Waals surface area contributed by atoms with Crippen molar-refractivity contribution in [3.63, 3.8) is 0 Å². The van der Waals surface area contributed by atoms with Crippen LogP contribution in [-0.2, 0) is 0 Å². The van der Waals surface area contributed by atoms with Gasteiger partial charge in [-0.25, -0.2) is 0 Å². The van der Waals surface area contributed by atoms with Crippen LogP contribution in [0, 0.1) is 3.57 Å². The van der Waals surface area contributed by atoms with Crippen molar-refractivity contribution in [2.75, 3.05) is 11.9 Å². The van der Waals surface area contributed by atoms with Gasteiger partial charge in [-0.2, -0.15) is 0 Å². The van der Waals surface area contributed by atoms with Gasteiger partial charge < -0.3 is 10.4 Å². The summed E-state index contributed by atoms with van der Waals surface area (Å²) in [6, 6.07) is 5.66. The molecule has 0 saturated carbocycles. The number of nitrogens with one attached hydrogen (secondary N) is 1. The Morgan fingerprint density at radius 2 is 2.20 bits per heavy atom. The Kier molecular flexibility index (Phi) is 4.67. The van der Waals surface area contributed by atoms with Gasteiger partial charge in [-0.3, -0.25) is 0 Å². The van der Waals surface area contributed by atoms with Gasteiger partial charge in [0.05, 0.1) is 5.60 Å². The maximum absolute atomic E-state index is 9.84. The van der Waals surface area contributed by atoms with Gasteiger partial charge in [0.25, 0.3) is 0 Å². The van der Waals surface area contributed by atoms with E-state index in [1.165, 1.54) is 0 Å². The highest BCUT2D eigenvalue weighted by molar-refractivity contribution is 14.1. The fraction of sp³-hybridized carbons (Fsp3) is 0.455. The van der Waals surface area contributed by atoms with Crippen molar-refractivity contribution in [3.8, 4) is 0 Å². The summed E-state index contributed by atoms with van der Waals surface area (Å²) in [7, 11) is 0. The van der Waals surface area contributed by atoms with E-state index in [4.69, 9.17) is 11.6 Å². The van der Waals surface area contributed by atoms with Gasteiger partial charge >= 0.3 is 0 Å². The molecular formula is C11H15ClINO. The van der Waals surface area contributed by atoms with Crippen LogP contribution >= 0.6 is 34.2 Å². The van der Waals surface area contributed by atoms with E-state index >= 15 is 0 Å². The molecule has 4 heteroatoms. The third-order valence-corrected chi connectivity index (χ3v) is 3.48. The highest BCUT2D eigenvalue weighted by Crippen LogP contribution is 2.23. The van der Waals surface area contributed by atoms with Crippen LogP contribution in [0.3, 0.4) is 0 Å². The lowest BCUT2D eigenvalue weighted by atomic mass is 10.0. The second-order valence-corrected chi connectivity index (χ2v) is 5.43. The zero-order valence-electron chi connectivity index (χ0n) is 8.85. The summed E-state index contributed by atoms with van der Waals surface area (Å²) < 4.78 is 1.06. The molecule has 84 valence electrons. The number of anilines is 1. The fourth-order valence-electron chi connectivity index (χ4n) is 1.04. The molecule has 1 aromatic rings. The molecule has 15 heavy (non-hydrogen) atoms. The van der Waals surface area contributed by atoms with Crippen LogP contribution in [0.2, 0.25) is 5.02 Å². The van der Waals surface area contributed by atoms with Crippen molar-refractivity contribution in [2.24, 2.45) is 0 Å². The first kappa shape index (κ1) is 13.1. The van der Waals surface area contributed by atoms with Gasteiger partial charge in [0.1, 0.15) is 0 Å². The molecule has 1 rings (SSSR count). The Morgan fingerprint density at radius 1 is 1.53 bits per heavy atom. The summed E-state index contributed by atoms with van der Waals surface area (Å²) in [6.45, 7) is 4.33. The molecule has 0 fully saturated rings. The summed E-state index contributed by atoms with van der Waals surface area (Å²) in [4.78, 5) is 0. The van der Waals surface area contributed by atoms with Crippen molar-refractivity contribution in [3.05, 3.63) is 26.8 Å². The number of benzene rings is 1. The summed E-state index contributed by atoms with van der Waals surface area (Å²) in [5.74, 6) is 0. The van der Waals surface area contributed by atoms with Crippen LogP contribution in [-0.4, -0.2) is 17.3 Å². The van der Waals surface area contributed by atoms with E-state index in [-0.39, 0.29) is 0 Å². The largest absolute Gasteiger partial charge is 0.388 e. The molecule has 0 amide bonds. The van der Waals surface area contributed by atoms with Crippen molar-refractivity contribution in [1.82, 2.24) is 0 Å². The summed E-state index contributed by atoms with van der Waals surface area (Å²) in [5.41, 5.74) is 0.344. The van der Waals surface area contributed by atoms with Gasteiger partial charge in [-0.05, 0) is 54.1 Å². The molecule has 0 aliphatic rings. The Morgan fingerprint density at radius 3 is 2.73 bits per heavy atom. The second-order valence-electron chi connectivity index (χ2n) is 3.83. The molecule has 0 radical (unpaired) electrons. The Balaban J connectivity index is 2.66. The summed E-state index contributed by atoms with van der Waals surface area (Å²) in [5, 5.41) is 13.8. The summed E-state index contributed by atoms with van der Waals surface area (Å²) in [6.07, 6.45) is 0.726. The Bertz CT molecular complexity index is 341. The molecule has 0 heterocycles. The van der Waals surface area contributed by atoms with Gasteiger partial charge in [-0.15, -0.1) is 0 Å². The average Bonchev–Trinajstić information content (AvgIpc) is 2.16. The van der Waals surface area contributed by atoms with Crippen LogP contribution in [0.1, 0.15) is 20.3 Å². The quantitative estimate of drug-likeness (QED) is 0.823. The van der Waals surface area contributed by atoms with Crippen LogP contribution in [0.5, 0.6) is 0 Å². The minimum Gasteiger partial charge on any atom is -0.388 e. The molecule has 2 N–H and O–H groups in total. The fourth-order valence-corrected chi connectivity index (χ4v) is 2.11. The van der Waals surface area contributed by atoms with E-state index in [1.54, 1.807) is 0 Å². The van der Waals surface area contributed by atoms with Crippen LogP contribution in [0.15, 0.2) is 18.2 Å². The highest BCUT2D eigenvalue weighted by atomic mass is 127. The van der Waals surface area contributed by atoms with Crippen LogP contribution < -0.4 is 5.32 Å². The first-order valence-corrected chi connectivity index (χ1v) is 6.31. The van der Waals surface area contributed by atoms with Crippen LogP contribution in [0.4, 0.5) is 5.69 Å². The van der Waals surface area contributed by atoms with Crippen molar-refractivity contribution in [2.45, 2.75) is 25.9 Å². The zero-order chi connectivity index (χ0) is 11.5. The number of hydrogen-bond acceptors (Lipinski definition) is 2. The topological polar surface area (TPSA) is 32.3 Å². The lowest BCUT2D eigenvalue weighted by molar-refractivity contribution is 0.0697. The SMILES string of the molecule is CCC(C)(O)CNc1ccc(Cl)cc1I. The molecule has 0 aliphatic carbocycles. The Labute approximate surface area is 109 Å². The average molecular weight is 340 g/mol. The zero-order valence-corrected chi connectivity index (χ0v) is 11.8. The van der Waals surface area contributed by atoms with E-state index in [0.29, 0.717) is 6.54 Å². The number of rotatable bonds is 4. The van der Waals surface area contributed by atoms with Gasteiger partial charge in [-0.1, -0.05) is 18.5 Å². The Hall–Kier alpha value is -0.000000000000000111. The van der Waals surface area contributed by atoms with Gasteiger partial charge in [0.2, 0.25) is 0 Å². The third kappa shape index (κ3) is 4.17. The third-order valence-electron chi connectivity index (χ3n) is 2.35. The smallest absolute Gasteiger partial charge is 0.0788 e. The monoisotopic (exact) mass is 339 g/mol. The molecule has 0 aliphatic heterocycles. The molecule has 0 aromatic heterocycles. The molecular weight excluding hydrogens is 324 g/mol. The van der Waals surface area contributed by atoms with Crippen molar-refractivity contribution in [1.29, 1.82) is 0 Å². The number of hydrogen-bond donors (Lipinski definition) is 2. The molecule has 2 nitrogen and oxygen atoms in total. The van der Waals surface area contributed by atoms with Crippen molar-refractivity contribution >= 4 is 39.9 Å². The predicted molar refractivity (Wildman–Crippen MR) is 73.6 cm³/mol. The van der Waals surface area contributed by atoms with E-state index in [1.807, 2.05) is 32.0 Å². The lowest BCUT2D eigenvalue weighted by Crippen LogP contribution is -2.32. The predicted octanol–water partition coefficient (Wildman–Crippen LogP) is 3.52. The molecule has 0 saturated heterocycles. The van der Waals surface area contributed by atoms with Gasteiger partial charge in [0.15, 0.2) is 0 Å². The highest BCUT2D eigenvalue weighted by Gasteiger charge is 2.17.